The molecule has 1 aliphatic rings. The molecule has 3 N–H and O–H groups in total. The zero-order valence-corrected chi connectivity index (χ0v) is 9.58. The summed E-state index contributed by atoms with van der Waals surface area (Å²) in [5.74, 6) is 1.09. The lowest BCUT2D eigenvalue weighted by Gasteiger charge is -2.15. The molecule has 0 radical (unpaired) electrons. The number of hydrogen-bond acceptors (Lipinski definition) is 3. The quantitative estimate of drug-likeness (QED) is 0.774. The smallest absolute Gasteiger partial charge is 0.107 e. The standard InChI is InChI=1S/C11H20N4/c1-15(2)7-6-10-13-9-5-3-4-8(12)11(9)14-10/h8H,3-7,12H2,1-2H3,(H,13,14). The van der Waals surface area contributed by atoms with Crippen molar-refractivity contribution in [2.75, 3.05) is 20.6 Å². The van der Waals surface area contributed by atoms with Crippen LogP contribution in [0.25, 0.3) is 0 Å². The van der Waals surface area contributed by atoms with Gasteiger partial charge in [-0.3, -0.25) is 0 Å². The Hall–Kier alpha value is -0.870. The molecule has 1 atom stereocenters. The van der Waals surface area contributed by atoms with Crippen molar-refractivity contribution in [3.8, 4) is 0 Å². The number of aromatic nitrogens is 2. The van der Waals surface area contributed by atoms with Gasteiger partial charge in [-0.05, 0) is 33.4 Å². The molecule has 0 aromatic carbocycles. The number of H-pyrrole nitrogens is 1. The number of likely N-dealkylation sites (N-methyl/N-ethyl adjacent to an activating group) is 1. The fourth-order valence-corrected chi connectivity index (χ4v) is 2.06. The molecular formula is C11H20N4. The maximum Gasteiger partial charge on any atom is 0.107 e. The second-order valence-electron chi connectivity index (χ2n) is 4.60. The summed E-state index contributed by atoms with van der Waals surface area (Å²) in [6.07, 6.45) is 4.35. The molecule has 2 rings (SSSR count). The number of aromatic amines is 1. The van der Waals surface area contributed by atoms with Crippen LogP contribution in [0.3, 0.4) is 0 Å². The zero-order chi connectivity index (χ0) is 10.8. The Morgan fingerprint density at radius 3 is 3.00 bits per heavy atom. The van der Waals surface area contributed by atoms with E-state index in [1.54, 1.807) is 0 Å². The first kappa shape index (κ1) is 10.6. The van der Waals surface area contributed by atoms with E-state index in [0.29, 0.717) is 0 Å². The van der Waals surface area contributed by atoms with Crippen LogP contribution >= 0.6 is 0 Å². The van der Waals surface area contributed by atoms with Crippen LogP contribution in [0.15, 0.2) is 0 Å². The molecule has 4 nitrogen and oxygen atoms in total. The SMILES string of the molecule is CN(C)CCc1nc2c([nH]1)CCCC2N. The van der Waals surface area contributed by atoms with Crippen LogP contribution in [0, 0.1) is 0 Å². The molecule has 1 aromatic heterocycles. The number of hydrogen-bond donors (Lipinski definition) is 2. The van der Waals surface area contributed by atoms with E-state index >= 15 is 0 Å². The second-order valence-corrected chi connectivity index (χ2v) is 4.60. The van der Waals surface area contributed by atoms with E-state index in [1.165, 1.54) is 12.1 Å². The molecule has 84 valence electrons. The maximum atomic E-state index is 6.02. The van der Waals surface area contributed by atoms with Crippen molar-refractivity contribution in [3.05, 3.63) is 17.2 Å². The van der Waals surface area contributed by atoms with E-state index in [2.05, 4.69) is 29.0 Å². The third kappa shape index (κ3) is 2.38. The number of imidazole rings is 1. The van der Waals surface area contributed by atoms with Gasteiger partial charge in [0.05, 0.1) is 5.69 Å². The highest BCUT2D eigenvalue weighted by Crippen LogP contribution is 2.25. The van der Waals surface area contributed by atoms with Crippen molar-refractivity contribution >= 4 is 0 Å². The molecule has 0 saturated carbocycles. The predicted octanol–water partition coefficient (Wildman–Crippen LogP) is 0.850. The van der Waals surface area contributed by atoms with Gasteiger partial charge in [0.2, 0.25) is 0 Å². The van der Waals surface area contributed by atoms with Crippen molar-refractivity contribution in [3.63, 3.8) is 0 Å². The third-order valence-corrected chi connectivity index (χ3v) is 2.95. The van der Waals surface area contributed by atoms with Gasteiger partial charge in [0.25, 0.3) is 0 Å². The number of rotatable bonds is 3. The molecule has 0 saturated heterocycles. The largest absolute Gasteiger partial charge is 0.346 e. The van der Waals surface area contributed by atoms with Gasteiger partial charge in [-0.25, -0.2) is 4.98 Å². The molecule has 0 spiro atoms. The highest BCUT2D eigenvalue weighted by molar-refractivity contribution is 5.21. The van der Waals surface area contributed by atoms with Crippen LogP contribution in [-0.2, 0) is 12.8 Å². The normalized spacial score (nSPS) is 20.7. The first-order valence-electron chi connectivity index (χ1n) is 5.65. The van der Waals surface area contributed by atoms with Gasteiger partial charge < -0.3 is 15.6 Å². The van der Waals surface area contributed by atoms with Crippen LogP contribution in [0.4, 0.5) is 0 Å². The Balaban J connectivity index is 2.08. The maximum absolute atomic E-state index is 6.02. The Morgan fingerprint density at radius 2 is 2.33 bits per heavy atom. The molecule has 1 aromatic rings. The Bertz CT molecular complexity index is 329. The molecule has 1 unspecified atom stereocenters. The summed E-state index contributed by atoms with van der Waals surface area (Å²) in [6, 6.07) is 0.151. The van der Waals surface area contributed by atoms with Gasteiger partial charge in [-0.15, -0.1) is 0 Å². The van der Waals surface area contributed by atoms with Gasteiger partial charge in [-0.1, -0.05) is 0 Å². The first-order valence-corrected chi connectivity index (χ1v) is 5.65. The van der Waals surface area contributed by atoms with Crippen LogP contribution in [-0.4, -0.2) is 35.5 Å². The summed E-state index contributed by atoms with van der Waals surface area (Å²) < 4.78 is 0. The number of nitrogens with one attached hydrogen (secondary N) is 1. The van der Waals surface area contributed by atoms with E-state index in [-0.39, 0.29) is 6.04 Å². The summed E-state index contributed by atoms with van der Waals surface area (Å²) in [5.41, 5.74) is 8.40. The number of aryl methyl sites for hydroxylation is 1. The lowest BCUT2D eigenvalue weighted by Crippen LogP contribution is -2.17. The number of fused-ring (bicyclic) bond motifs is 1. The highest BCUT2D eigenvalue weighted by Gasteiger charge is 2.20. The van der Waals surface area contributed by atoms with Crippen LogP contribution in [0.1, 0.15) is 36.1 Å². The number of nitrogens with two attached hydrogens (primary N) is 1. The lowest BCUT2D eigenvalue weighted by atomic mass is 9.97. The van der Waals surface area contributed by atoms with Gasteiger partial charge in [0, 0.05) is 24.7 Å². The summed E-state index contributed by atoms with van der Waals surface area (Å²) in [7, 11) is 4.16. The predicted molar refractivity (Wildman–Crippen MR) is 60.7 cm³/mol. The van der Waals surface area contributed by atoms with Crippen molar-refractivity contribution in [2.45, 2.75) is 31.7 Å². The second kappa shape index (κ2) is 4.33. The van der Waals surface area contributed by atoms with Crippen molar-refractivity contribution in [2.24, 2.45) is 5.73 Å². The summed E-state index contributed by atoms with van der Waals surface area (Å²) in [5, 5.41) is 0. The zero-order valence-electron chi connectivity index (χ0n) is 9.58. The van der Waals surface area contributed by atoms with Gasteiger partial charge in [0.1, 0.15) is 5.82 Å². The van der Waals surface area contributed by atoms with Crippen molar-refractivity contribution < 1.29 is 0 Å². The van der Waals surface area contributed by atoms with Crippen molar-refractivity contribution in [1.82, 2.24) is 14.9 Å². The molecule has 1 heterocycles. The molecule has 0 aliphatic heterocycles. The molecule has 0 fully saturated rings. The molecule has 1 aliphatic carbocycles. The average molecular weight is 208 g/mol. The van der Waals surface area contributed by atoms with Crippen molar-refractivity contribution in [1.29, 1.82) is 0 Å². The lowest BCUT2D eigenvalue weighted by molar-refractivity contribution is 0.410. The van der Waals surface area contributed by atoms with Gasteiger partial charge in [-0.2, -0.15) is 0 Å². The van der Waals surface area contributed by atoms with Crippen LogP contribution in [0.5, 0.6) is 0 Å². The fourth-order valence-electron chi connectivity index (χ4n) is 2.06. The monoisotopic (exact) mass is 208 g/mol. The highest BCUT2D eigenvalue weighted by atomic mass is 15.1. The van der Waals surface area contributed by atoms with Crippen LogP contribution < -0.4 is 5.73 Å². The minimum Gasteiger partial charge on any atom is -0.346 e. The Morgan fingerprint density at radius 1 is 1.53 bits per heavy atom. The minimum absolute atomic E-state index is 0.151. The molecule has 4 heteroatoms. The van der Waals surface area contributed by atoms with E-state index in [1.807, 2.05) is 0 Å². The molecular weight excluding hydrogens is 188 g/mol. The van der Waals surface area contributed by atoms with Crippen LogP contribution in [0.2, 0.25) is 0 Å². The van der Waals surface area contributed by atoms with E-state index in [4.69, 9.17) is 5.73 Å². The van der Waals surface area contributed by atoms with E-state index < -0.39 is 0 Å². The average Bonchev–Trinajstić information content (AvgIpc) is 2.59. The first-order chi connectivity index (χ1) is 7.16. The van der Waals surface area contributed by atoms with Gasteiger partial charge >= 0.3 is 0 Å². The Labute approximate surface area is 90.9 Å². The summed E-state index contributed by atoms with van der Waals surface area (Å²) in [6.45, 7) is 1.03. The Kier molecular flexibility index (Phi) is 3.07. The molecule has 0 bridgehead atoms. The third-order valence-electron chi connectivity index (χ3n) is 2.95. The summed E-state index contributed by atoms with van der Waals surface area (Å²) in [4.78, 5) is 10.2. The summed E-state index contributed by atoms with van der Waals surface area (Å²) >= 11 is 0. The van der Waals surface area contributed by atoms with Gasteiger partial charge in [0.15, 0.2) is 0 Å². The fraction of sp³-hybridized carbons (Fsp3) is 0.727. The van der Waals surface area contributed by atoms with E-state index in [0.717, 1.165) is 37.3 Å². The minimum atomic E-state index is 0.151. The topological polar surface area (TPSA) is 57.9 Å². The molecule has 15 heavy (non-hydrogen) atoms. The molecule has 0 amide bonds. The number of nitrogens with zero attached hydrogens (tertiary/aromatic N) is 2. The van der Waals surface area contributed by atoms with E-state index in [9.17, 15) is 0 Å².